The summed E-state index contributed by atoms with van der Waals surface area (Å²) in [5, 5.41) is 5.23. The van der Waals surface area contributed by atoms with E-state index in [1.165, 1.54) is 30.4 Å². The van der Waals surface area contributed by atoms with Gasteiger partial charge in [0.15, 0.2) is 4.96 Å². The number of halogens is 1. The van der Waals surface area contributed by atoms with Gasteiger partial charge in [0.25, 0.3) is 0 Å². The van der Waals surface area contributed by atoms with E-state index in [4.69, 9.17) is 0 Å². The molecule has 0 unspecified atom stereocenters. The number of hydrogen-bond donors (Lipinski definition) is 2. The Morgan fingerprint density at radius 1 is 1.24 bits per heavy atom. The van der Waals surface area contributed by atoms with Gasteiger partial charge in [-0.1, -0.05) is 11.3 Å². The Morgan fingerprint density at radius 3 is 2.60 bits per heavy atom. The van der Waals surface area contributed by atoms with Gasteiger partial charge >= 0.3 is 0 Å². The molecule has 1 aromatic carbocycles. The molecule has 0 radical (unpaired) electrons. The van der Waals surface area contributed by atoms with Crippen molar-refractivity contribution in [1.82, 2.24) is 20.0 Å². The number of nitrogens with zero attached hydrogens (tertiary/aromatic N) is 2. The quantitative estimate of drug-likeness (QED) is 0.733. The van der Waals surface area contributed by atoms with Crippen LogP contribution in [0, 0.1) is 12.7 Å². The highest BCUT2D eigenvalue weighted by Gasteiger charge is 2.13. The first-order valence-electron chi connectivity index (χ1n) is 7.68. The molecule has 0 saturated heterocycles. The number of rotatable bonds is 5. The number of carbonyl (C=O) groups excluding carboxylic acids is 2. The number of amides is 2. The van der Waals surface area contributed by atoms with Crippen LogP contribution in [0.2, 0.25) is 0 Å². The minimum absolute atomic E-state index is 0.0361. The van der Waals surface area contributed by atoms with E-state index < -0.39 is 0 Å². The van der Waals surface area contributed by atoms with E-state index in [2.05, 4.69) is 15.6 Å². The minimum Gasteiger partial charge on any atom is -0.350 e. The van der Waals surface area contributed by atoms with Crippen LogP contribution in [-0.4, -0.2) is 27.7 Å². The molecule has 2 aromatic heterocycles. The van der Waals surface area contributed by atoms with Crippen LogP contribution in [0.4, 0.5) is 4.39 Å². The molecular weight excluding hydrogens is 343 g/mol. The van der Waals surface area contributed by atoms with E-state index in [9.17, 15) is 14.0 Å². The largest absolute Gasteiger partial charge is 0.350 e. The Balaban J connectivity index is 1.73. The van der Waals surface area contributed by atoms with Crippen LogP contribution in [0.1, 0.15) is 17.5 Å². The fourth-order valence-corrected chi connectivity index (χ4v) is 3.41. The lowest BCUT2D eigenvalue weighted by Crippen LogP contribution is -2.35. The summed E-state index contributed by atoms with van der Waals surface area (Å²) in [5.74, 6) is -0.764. The number of fused-ring (bicyclic) bond motifs is 1. The van der Waals surface area contributed by atoms with Gasteiger partial charge in [0.1, 0.15) is 5.82 Å². The predicted octanol–water partition coefficient (Wildman–Crippen LogP) is 2.26. The van der Waals surface area contributed by atoms with Crippen LogP contribution in [0.15, 0.2) is 30.5 Å². The van der Waals surface area contributed by atoms with Gasteiger partial charge in [0.05, 0.1) is 18.8 Å². The number of nitrogens with one attached hydrogen (secondary N) is 2. The number of hydrogen-bond acceptors (Lipinski definition) is 4. The van der Waals surface area contributed by atoms with E-state index in [1.807, 2.05) is 17.5 Å². The summed E-state index contributed by atoms with van der Waals surface area (Å²) in [6.07, 6.45) is 1.90. The lowest BCUT2D eigenvalue weighted by molar-refractivity contribution is -0.125. The van der Waals surface area contributed by atoms with E-state index in [0.29, 0.717) is 6.54 Å². The van der Waals surface area contributed by atoms with Crippen molar-refractivity contribution in [2.45, 2.75) is 20.4 Å². The molecular formula is C17H17FN4O2S. The number of imidazole rings is 1. The Hall–Kier alpha value is -2.74. The van der Waals surface area contributed by atoms with Gasteiger partial charge in [-0.05, 0) is 31.2 Å². The second-order valence-corrected chi connectivity index (χ2v) is 6.64. The van der Waals surface area contributed by atoms with Crippen molar-refractivity contribution in [3.63, 3.8) is 0 Å². The molecule has 0 aliphatic carbocycles. The zero-order valence-corrected chi connectivity index (χ0v) is 14.6. The smallest absolute Gasteiger partial charge is 0.239 e. The zero-order chi connectivity index (χ0) is 18.0. The Morgan fingerprint density at radius 2 is 1.96 bits per heavy atom. The summed E-state index contributed by atoms with van der Waals surface area (Å²) in [5.41, 5.74) is 2.61. The molecule has 130 valence electrons. The lowest BCUT2D eigenvalue weighted by atomic mass is 10.2. The first-order valence-corrected chi connectivity index (χ1v) is 8.50. The number of aromatic nitrogens is 2. The van der Waals surface area contributed by atoms with Crippen LogP contribution < -0.4 is 10.6 Å². The molecule has 0 fully saturated rings. The van der Waals surface area contributed by atoms with Crippen LogP contribution in [0.3, 0.4) is 0 Å². The highest BCUT2D eigenvalue weighted by atomic mass is 32.1. The number of benzene rings is 1. The molecule has 0 bridgehead atoms. The summed E-state index contributed by atoms with van der Waals surface area (Å²) in [6, 6.07) is 6.21. The fourth-order valence-electron chi connectivity index (χ4n) is 2.36. The maximum absolute atomic E-state index is 13.0. The van der Waals surface area contributed by atoms with E-state index in [0.717, 1.165) is 26.8 Å². The fraction of sp³-hybridized carbons (Fsp3) is 0.235. The maximum Gasteiger partial charge on any atom is 0.239 e. The average Bonchev–Trinajstić information content (AvgIpc) is 3.11. The molecule has 2 heterocycles. The summed E-state index contributed by atoms with van der Waals surface area (Å²) in [4.78, 5) is 28.9. The van der Waals surface area contributed by atoms with E-state index >= 15 is 0 Å². The van der Waals surface area contributed by atoms with E-state index in [-0.39, 0.29) is 24.2 Å². The van der Waals surface area contributed by atoms with Crippen LogP contribution >= 0.6 is 11.3 Å². The van der Waals surface area contributed by atoms with Crippen LogP contribution in [0.5, 0.6) is 0 Å². The van der Waals surface area contributed by atoms with E-state index in [1.54, 1.807) is 12.1 Å². The SMILES string of the molecule is CC(=O)NCC(=O)NCc1sc2nc(-c3ccc(F)cc3)cn2c1C. The monoisotopic (exact) mass is 360 g/mol. The molecule has 2 N–H and O–H groups in total. The Bertz CT molecular complexity index is 930. The topological polar surface area (TPSA) is 75.5 Å². The standard InChI is InChI=1S/C17H17FN4O2S/c1-10-15(7-20-16(24)8-19-11(2)23)25-17-21-14(9-22(10)17)12-3-5-13(18)6-4-12/h3-6,9H,7-8H2,1-2H3,(H,19,23)(H,20,24). The number of thiazole rings is 1. The highest BCUT2D eigenvalue weighted by molar-refractivity contribution is 7.17. The number of carbonyl (C=O) groups is 2. The minimum atomic E-state index is -0.279. The van der Waals surface area contributed by atoms with Crippen molar-refractivity contribution >= 4 is 28.1 Å². The summed E-state index contributed by atoms with van der Waals surface area (Å²) in [6.45, 7) is 3.66. The molecule has 0 spiro atoms. The van der Waals surface area contributed by atoms with Gasteiger partial charge in [-0.15, -0.1) is 0 Å². The predicted molar refractivity (Wildman–Crippen MR) is 93.7 cm³/mol. The van der Waals surface area contributed by atoms with Crippen molar-refractivity contribution in [3.8, 4) is 11.3 Å². The van der Waals surface area contributed by atoms with Crippen molar-refractivity contribution in [2.75, 3.05) is 6.54 Å². The maximum atomic E-state index is 13.0. The van der Waals surface area contributed by atoms with Crippen molar-refractivity contribution in [1.29, 1.82) is 0 Å². The molecule has 3 aromatic rings. The third-order valence-electron chi connectivity index (χ3n) is 3.74. The van der Waals surface area contributed by atoms with Crippen molar-refractivity contribution in [2.24, 2.45) is 0 Å². The molecule has 3 rings (SSSR count). The van der Waals surface area contributed by atoms with Crippen molar-refractivity contribution in [3.05, 3.63) is 46.9 Å². The second-order valence-electron chi connectivity index (χ2n) is 5.58. The van der Waals surface area contributed by atoms with Gasteiger partial charge in [-0.2, -0.15) is 0 Å². The van der Waals surface area contributed by atoms with Gasteiger partial charge in [0.2, 0.25) is 11.8 Å². The van der Waals surface area contributed by atoms with Crippen LogP contribution in [-0.2, 0) is 16.1 Å². The molecule has 0 aliphatic heterocycles. The van der Waals surface area contributed by atoms with Gasteiger partial charge in [0, 0.05) is 29.3 Å². The molecule has 25 heavy (non-hydrogen) atoms. The summed E-state index contributed by atoms with van der Waals surface area (Å²) < 4.78 is 15.0. The highest BCUT2D eigenvalue weighted by Crippen LogP contribution is 2.27. The van der Waals surface area contributed by atoms with Crippen LogP contribution in [0.25, 0.3) is 16.2 Å². The van der Waals surface area contributed by atoms with Crippen molar-refractivity contribution < 1.29 is 14.0 Å². The first kappa shape index (κ1) is 17.1. The second kappa shape index (κ2) is 7.02. The molecule has 8 heteroatoms. The van der Waals surface area contributed by atoms with Gasteiger partial charge in [-0.3, -0.25) is 14.0 Å². The summed E-state index contributed by atoms with van der Waals surface area (Å²) >= 11 is 1.48. The summed E-state index contributed by atoms with van der Waals surface area (Å²) in [7, 11) is 0. The number of aryl methyl sites for hydroxylation is 1. The molecule has 6 nitrogen and oxygen atoms in total. The molecule has 0 saturated carbocycles. The third-order valence-corrected chi connectivity index (χ3v) is 4.89. The third kappa shape index (κ3) is 3.85. The zero-order valence-electron chi connectivity index (χ0n) is 13.8. The average molecular weight is 360 g/mol. The molecule has 0 atom stereocenters. The Labute approximate surface area is 147 Å². The molecule has 2 amide bonds. The Kier molecular flexibility index (Phi) is 4.80. The first-order chi connectivity index (χ1) is 11.9. The molecule has 0 aliphatic rings. The normalized spacial score (nSPS) is 10.8. The van der Waals surface area contributed by atoms with Gasteiger partial charge < -0.3 is 10.6 Å². The lowest BCUT2D eigenvalue weighted by Gasteiger charge is -2.05. The van der Waals surface area contributed by atoms with Gasteiger partial charge in [-0.25, -0.2) is 9.37 Å².